The van der Waals surface area contributed by atoms with Crippen LogP contribution in [0, 0.1) is 15.5 Å². The van der Waals surface area contributed by atoms with E-state index in [4.69, 9.17) is 10.2 Å². The Morgan fingerprint density at radius 2 is 2.00 bits per heavy atom. The summed E-state index contributed by atoms with van der Waals surface area (Å²) in [6.07, 6.45) is 0.424. The van der Waals surface area contributed by atoms with Crippen LogP contribution in [0.3, 0.4) is 0 Å². The second kappa shape index (κ2) is 4.89. The van der Waals surface area contributed by atoms with E-state index in [-0.39, 0.29) is 19.8 Å². The Hall–Kier alpha value is -0.880. The predicted molar refractivity (Wildman–Crippen MR) is 39.8 cm³/mol. The fraction of sp³-hybridized carbons (Fsp3) is 1.00. The average Bonchev–Trinajstić information content (AvgIpc) is 2.08. The number of aliphatic hydroxyl groups is 2. The number of hydrogen-bond donors (Lipinski definition) is 2. The lowest BCUT2D eigenvalue weighted by atomic mass is 9.88. The third-order valence-corrected chi connectivity index (χ3v) is 1.90. The highest BCUT2D eigenvalue weighted by Gasteiger charge is 2.28. The smallest absolute Gasteiger partial charge is 0.294 e. The molecule has 6 nitrogen and oxygen atoms in total. The minimum Gasteiger partial charge on any atom is -0.396 e. The van der Waals surface area contributed by atoms with Gasteiger partial charge in [0.05, 0.1) is 13.2 Å². The van der Waals surface area contributed by atoms with Gasteiger partial charge in [-0.1, -0.05) is 6.92 Å². The zero-order valence-corrected chi connectivity index (χ0v) is 6.89. The maximum Gasteiger partial charge on any atom is 0.294 e. The minimum atomic E-state index is -0.935. The van der Waals surface area contributed by atoms with Crippen molar-refractivity contribution in [3.8, 4) is 0 Å². The Labute approximate surface area is 69.9 Å². The molecule has 0 spiro atoms. The molecule has 0 aliphatic rings. The molecule has 0 aliphatic heterocycles. The largest absolute Gasteiger partial charge is 0.396 e. The van der Waals surface area contributed by atoms with Crippen LogP contribution in [0.5, 0.6) is 0 Å². The van der Waals surface area contributed by atoms with Gasteiger partial charge < -0.3 is 15.1 Å². The van der Waals surface area contributed by atoms with Crippen LogP contribution in [-0.2, 0) is 4.84 Å². The summed E-state index contributed by atoms with van der Waals surface area (Å²) < 4.78 is 0. The fourth-order valence-electron chi connectivity index (χ4n) is 0.657. The summed E-state index contributed by atoms with van der Waals surface area (Å²) >= 11 is 0. The van der Waals surface area contributed by atoms with Crippen LogP contribution < -0.4 is 0 Å². The molecule has 0 saturated carbocycles. The first-order chi connectivity index (χ1) is 5.60. The zero-order valence-electron chi connectivity index (χ0n) is 6.89. The van der Waals surface area contributed by atoms with Gasteiger partial charge in [0.15, 0.2) is 0 Å². The van der Waals surface area contributed by atoms with Gasteiger partial charge >= 0.3 is 0 Å². The van der Waals surface area contributed by atoms with Crippen LogP contribution in [0.4, 0.5) is 0 Å². The van der Waals surface area contributed by atoms with E-state index in [1.807, 2.05) is 0 Å². The third-order valence-electron chi connectivity index (χ3n) is 1.90. The van der Waals surface area contributed by atoms with Gasteiger partial charge in [-0.2, -0.15) is 0 Å². The molecule has 0 aromatic carbocycles. The maximum absolute atomic E-state index is 9.81. The summed E-state index contributed by atoms with van der Waals surface area (Å²) in [6, 6.07) is 0. The van der Waals surface area contributed by atoms with Crippen molar-refractivity contribution in [2.45, 2.75) is 13.3 Å². The molecule has 0 aromatic heterocycles. The number of aliphatic hydroxyl groups excluding tert-OH is 2. The first-order valence-electron chi connectivity index (χ1n) is 3.59. The number of hydrogen-bond acceptors (Lipinski definition) is 5. The highest BCUT2D eigenvalue weighted by Crippen LogP contribution is 2.20. The first-order valence-corrected chi connectivity index (χ1v) is 3.59. The Balaban J connectivity index is 4.01. The van der Waals surface area contributed by atoms with E-state index >= 15 is 0 Å². The van der Waals surface area contributed by atoms with E-state index in [9.17, 15) is 10.1 Å². The molecule has 0 rings (SSSR count). The summed E-state index contributed by atoms with van der Waals surface area (Å²) in [6.45, 7) is 0.793. The molecule has 0 amide bonds. The molecule has 2 N–H and O–H groups in total. The second-order valence-electron chi connectivity index (χ2n) is 2.67. The van der Waals surface area contributed by atoms with Gasteiger partial charge in [-0.3, -0.25) is 0 Å². The van der Waals surface area contributed by atoms with Gasteiger partial charge in [0.1, 0.15) is 6.61 Å². The van der Waals surface area contributed by atoms with Gasteiger partial charge in [0, 0.05) is 5.41 Å². The summed E-state index contributed by atoms with van der Waals surface area (Å²) in [5, 5.41) is 26.5. The van der Waals surface area contributed by atoms with Gasteiger partial charge in [-0.15, -0.1) is 10.1 Å². The van der Waals surface area contributed by atoms with Gasteiger partial charge in [-0.05, 0) is 6.42 Å². The van der Waals surface area contributed by atoms with Crippen molar-refractivity contribution >= 4 is 0 Å². The molecule has 0 fully saturated rings. The van der Waals surface area contributed by atoms with E-state index in [0.29, 0.717) is 6.42 Å². The first kappa shape index (κ1) is 11.1. The zero-order chi connectivity index (χ0) is 9.61. The molecule has 0 radical (unpaired) electrons. The molecular formula is C6H13NO5. The van der Waals surface area contributed by atoms with Crippen LogP contribution in [-0.4, -0.2) is 35.1 Å². The van der Waals surface area contributed by atoms with Crippen LogP contribution >= 0.6 is 0 Å². The lowest BCUT2D eigenvalue weighted by molar-refractivity contribution is -0.761. The molecule has 12 heavy (non-hydrogen) atoms. The molecule has 0 unspecified atom stereocenters. The minimum absolute atomic E-state index is 0.274. The number of nitrogens with zero attached hydrogens (tertiary/aromatic N) is 1. The second-order valence-corrected chi connectivity index (χ2v) is 2.67. The van der Waals surface area contributed by atoms with Crippen molar-refractivity contribution in [3.63, 3.8) is 0 Å². The van der Waals surface area contributed by atoms with Crippen LogP contribution in [0.25, 0.3) is 0 Å². The standard InChI is InChI=1S/C6H13NO5/c1-2-6(3-8,4-9)5-12-7(10)11/h8-9H,2-5H2,1H3. The average molecular weight is 179 g/mol. The van der Waals surface area contributed by atoms with Crippen molar-refractivity contribution in [2.75, 3.05) is 19.8 Å². The Kier molecular flexibility index (Phi) is 4.53. The van der Waals surface area contributed by atoms with Gasteiger partial charge in [0.2, 0.25) is 0 Å². The topological polar surface area (TPSA) is 92.8 Å². The van der Waals surface area contributed by atoms with Crippen molar-refractivity contribution in [1.82, 2.24) is 0 Å². The quantitative estimate of drug-likeness (QED) is 0.426. The summed E-state index contributed by atoms with van der Waals surface area (Å²) in [5.41, 5.74) is -0.896. The molecule has 0 aromatic rings. The third kappa shape index (κ3) is 3.02. The van der Waals surface area contributed by atoms with Crippen LogP contribution in [0.15, 0.2) is 0 Å². The van der Waals surface area contributed by atoms with Crippen LogP contribution in [0.1, 0.15) is 13.3 Å². The summed E-state index contributed by atoms with van der Waals surface area (Å²) in [7, 11) is 0. The van der Waals surface area contributed by atoms with Crippen LogP contribution in [0.2, 0.25) is 0 Å². The van der Waals surface area contributed by atoms with E-state index in [2.05, 4.69) is 4.84 Å². The Bertz CT molecular complexity index is 137. The van der Waals surface area contributed by atoms with Crippen molar-refractivity contribution in [2.24, 2.45) is 5.41 Å². The SMILES string of the molecule is CCC(CO)(CO)CO[N+](=O)[O-]. The molecule has 0 atom stereocenters. The molecule has 0 heterocycles. The Morgan fingerprint density at radius 1 is 1.50 bits per heavy atom. The van der Waals surface area contributed by atoms with E-state index in [1.165, 1.54) is 0 Å². The van der Waals surface area contributed by atoms with Gasteiger partial charge in [0.25, 0.3) is 5.09 Å². The van der Waals surface area contributed by atoms with E-state index in [1.54, 1.807) is 6.92 Å². The molecular weight excluding hydrogens is 166 g/mol. The normalized spacial score (nSPS) is 11.2. The van der Waals surface area contributed by atoms with Gasteiger partial charge in [-0.25, -0.2) is 0 Å². The monoisotopic (exact) mass is 179 g/mol. The summed E-state index contributed by atoms with van der Waals surface area (Å²) in [5.74, 6) is 0. The summed E-state index contributed by atoms with van der Waals surface area (Å²) in [4.78, 5) is 13.9. The molecule has 0 bridgehead atoms. The van der Waals surface area contributed by atoms with Crippen molar-refractivity contribution in [1.29, 1.82) is 0 Å². The van der Waals surface area contributed by atoms with Crippen molar-refractivity contribution < 1.29 is 20.1 Å². The maximum atomic E-state index is 9.81. The molecule has 0 saturated heterocycles. The fourth-order valence-corrected chi connectivity index (χ4v) is 0.657. The van der Waals surface area contributed by atoms with E-state index in [0.717, 1.165) is 0 Å². The van der Waals surface area contributed by atoms with Crippen molar-refractivity contribution in [3.05, 3.63) is 10.1 Å². The highest BCUT2D eigenvalue weighted by atomic mass is 16.9. The predicted octanol–water partition coefficient (Wildman–Crippen LogP) is -0.424. The lowest BCUT2D eigenvalue weighted by Crippen LogP contribution is -2.35. The molecule has 72 valence electrons. The molecule has 6 heteroatoms. The Morgan fingerprint density at radius 3 is 2.25 bits per heavy atom. The van der Waals surface area contributed by atoms with E-state index < -0.39 is 10.5 Å². The highest BCUT2D eigenvalue weighted by molar-refractivity contribution is 4.74. The lowest BCUT2D eigenvalue weighted by Gasteiger charge is -2.26. The number of rotatable bonds is 6. The molecule has 0 aliphatic carbocycles.